The van der Waals surface area contributed by atoms with Gasteiger partial charge >= 0.3 is 6.18 Å². The molecule has 96 valence electrons. The molecule has 0 saturated carbocycles. The van der Waals surface area contributed by atoms with Gasteiger partial charge in [-0.05, 0) is 23.8 Å². The van der Waals surface area contributed by atoms with Crippen LogP contribution in [0.25, 0.3) is 22.2 Å². The molecule has 0 aliphatic rings. The van der Waals surface area contributed by atoms with Gasteiger partial charge in [-0.1, -0.05) is 18.2 Å². The van der Waals surface area contributed by atoms with E-state index in [0.717, 1.165) is 11.5 Å². The van der Waals surface area contributed by atoms with Gasteiger partial charge in [-0.15, -0.1) is 0 Å². The number of hydrogen-bond acceptors (Lipinski definition) is 1. The van der Waals surface area contributed by atoms with Crippen LogP contribution in [0, 0.1) is 0 Å². The first-order chi connectivity index (χ1) is 9.05. The molecule has 0 amide bonds. The summed E-state index contributed by atoms with van der Waals surface area (Å²) < 4.78 is 38.9. The standard InChI is InChI=1S/C14H9F3N2/c15-14(16,17)12-4-2-1-3-11(12)10-7-9-5-6-18-13(9)19-8-10/h1-8H,(H,18,19). The Balaban J connectivity index is 2.21. The monoisotopic (exact) mass is 262 g/mol. The molecule has 0 spiro atoms. The Morgan fingerprint density at radius 3 is 2.63 bits per heavy atom. The van der Waals surface area contributed by atoms with Gasteiger partial charge in [0.1, 0.15) is 5.65 Å². The molecule has 3 aromatic rings. The van der Waals surface area contributed by atoms with Crippen molar-refractivity contribution in [2.24, 2.45) is 0 Å². The minimum absolute atomic E-state index is 0.144. The van der Waals surface area contributed by atoms with Crippen LogP contribution in [0.1, 0.15) is 5.56 Å². The van der Waals surface area contributed by atoms with Gasteiger partial charge in [0.25, 0.3) is 0 Å². The minimum Gasteiger partial charge on any atom is -0.346 e. The van der Waals surface area contributed by atoms with Gasteiger partial charge in [0.2, 0.25) is 0 Å². The van der Waals surface area contributed by atoms with Crippen LogP contribution in [0.2, 0.25) is 0 Å². The number of alkyl halides is 3. The lowest BCUT2D eigenvalue weighted by Crippen LogP contribution is -2.06. The van der Waals surface area contributed by atoms with Gasteiger partial charge in [-0.3, -0.25) is 0 Å². The summed E-state index contributed by atoms with van der Waals surface area (Å²) in [4.78, 5) is 7.03. The van der Waals surface area contributed by atoms with E-state index in [1.807, 2.05) is 0 Å². The molecule has 19 heavy (non-hydrogen) atoms. The van der Waals surface area contributed by atoms with Crippen molar-refractivity contribution in [2.75, 3.05) is 0 Å². The van der Waals surface area contributed by atoms with Gasteiger partial charge in [-0.25, -0.2) is 4.98 Å². The highest BCUT2D eigenvalue weighted by molar-refractivity contribution is 5.82. The fraction of sp³-hybridized carbons (Fsp3) is 0.0714. The molecule has 2 aromatic heterocycles. The Hall–Kier alpha value is -2.30. The Labute approximate surface area is 106 Å². The zero-order chi connectivity index (χ0) is 13.5. The zero-order valence-electron chi connectivity index (χ0n) is 9.70. The Morgan fingerprint density at radius 2 is 1.84 bits per heavy atom. The third kappa shape index (κ3) is 2.07. The predicted molar refractivity (Wildman–Crippen MR) is 66.5 cm³/mol. The fourth-order valence-electron chi connectivity index (χ4n) is 2.07. The average molecular weight is 262 g/mol. The number of H-pyrrole nitrogens is 1. The lowest BCUT2D eigenvalue weighted by atomic mass is 10.0. The second-order valence-electron chi connectivity index (χ2n) is 4.18. The molecule has 5 heteroatoms. The number of benzene rings is 1. The third-order valence-electron chi connectivity index (χ3n) is 2.94. The minimum atomic E-state index is -4.37. The molecule has 0 radical (unpaired) electrons. The number of hydrogen-bond donors (Lipinski definition) is 1. The number of pyridine rings is 1. The molecule has 0 aliphatic heterocycles. The molecule has 0 saturated heterocycles. The number of halogens is 3. The highest BCUT2D eigenvalue weighted by atomic mass is 19.4. The quantitative estimate of drug-likeness (QED) is 0.697. The fourth-order valence-corrected chi connectivity index (χ4v) is 2.07. The normalized spacial score (nSPS) is 11.9. The molecule has 2 heterocycles. The maximum absolute atomic E-state index is 13.0. The van der Waals surface area contributed by atoms with Crippen molar-refractivity contribution in [3.63, 3.8) is 0 Å². The first kappa shape index (κ1) is 11.8. The topological polar surface area (TPSA) is 28.7 Å². The highest BCUT2D eigenvalue weighted by Gasteiger charge is 2.33. The lowest BCUT2D eigenvalue weighted by molar-refractivity contribution is -0.137. The van der Waals surface area contributed by atoms with Crippen LogP contribution in [-0.2, 0) is 6.18 Å². The molecule has 0 bridgehead atoms. The van der Waals surface area contributed by atoms with Crippen molar-refractivity contribution in [2.45, 2.75) is 6.18 Å². The van der Waals surface area contributed by atoms with E-state index in [0.29, 0.717) is 11.2 Å². The van der Waals surface area contributed by atoms with Crippen molar-refractivity contribution in [1.82, 2.24) is 9.97 Å². The second-order valence-corrected chi connectivity index (χ2v) is 4.18. The molecule has 0 unspecified atom stereocenters. The molecule has 1 N–H and O–H groups in total. The summed E-state index contributed by atoms with van der Waals surface area (Å²) in [7, 11) is 0. The first-order valence-corrected chi connectivity index (χ1v) is 5.65. The van der Waals surface area contributed by atoms with Gasteiger partial charge in [-0.2, -0.15) is 13.2 Å². The molecule has 0 atom stereocenters. The van der Waals surface area contributed by atoms with Crippen LogP contribution >= 0.6 is 0 Å². The van der Waals surface area contributed by atoms with Crippen molar-refractivity contribution in [1.29, 1.82) is 0 Å². The molecule has 3 rings (SSSR count). The number of nitrogens with one attached hydrogen (secondary N) is 1. The van der Waals surface area contributed by atoms with E-state index in [1.165, 1.54) is 18.3 Å². The number of fused-ring (bicyclic) bond motifs is 1. The van der Waals surface area contributed by atoms with Gasteiger partial charge in [0.05, 0.1) is 5.56 Å². The molecule has 0 fully saturated rings. The van der Waals surface area contributed by atoms with E-state index >= 15 is 0 Å². The van der Waals surface area contributed by atoms with Gasteiger partial charge in [0, 0.05) is 23.3 Å². The van der Waals surface area contributed by atoms with Crippen LogP contribution in [0.4, 0.5) is 13.2 Å². The highest BCUT2D eigenvalue weighted by Crippen LogP contribution is 2.37. The maximum Gasteiger partial charge on any atom is 0.417 e. The SMILES string of the molecule is FC(F)(F)c1ccccc1-c1cnc2[nH]ccc2c1. The van der Waals surface area contributed by atoms with Crippen LogP contribution in [0.5, 0.6) is 0 Å². The summed E-state index contributed by atoms with van der Waals surface area (Å²) in [6, 6.07) is 8.99. The molecular weight excluding hydrogens is 253 g/mol. The number of rotatable bonds is 1. The average Bonchev–Trinajstić information content (AvgIpc) is 2.85. The second kappa shape index (κ2) is 4.12. The number of aromatic amines is 1. The van der Waals surface area contributed by atoms with E-state index in [4.69, 9.17) is 0 Å². The summed E-state index contributed by atoms with van der Waals surface area (Å²) in [5.74, 6) is 0. The Bertz CT molecular complexity index is 729. The zero-order valence-corrected chi connectivity index (χ0v) is 9.70. The summed E-state index contributed by atoms with van der Waals surface area (Å²) in [6.07, 6.45) is -1.22. The molecule has 0 aliphatic carbocycles. The number of aromatic nitrogens is 2. The van der Waals surface area contributed by atoms with E-state index in [-0.39, 0.29) is 5.56 Å². The predicted octanol–water partition coefficient (Wildman–Crippen LogP) is 4.25. The van der Waals surface area contributed by atoms with Crippen molar-refractivity contribution < 1.29 is 13.2 Å². The largest absolute Gasteiger partial charge is 0.417 e. The van der Waals surface area contributed by atoms with Crippen molar-refractivity contribution in [3.05, 3.63) is 54.4 Å². The summed E-state index contributed by atoms with van der Waals surface area (Å²) in [5, 5.41) is 0.787. The van der Waals surface area contributed by atoms with Crippen LogP contribution in [0.15, 0.2) is 48.8 Å². The third-order valence-corrected chi connectivity index (χ3v) is 2.94. The number of nitrogens with zero attached hydrogens (tertiary/aromatic N) is 1. The Kier molecular flexibility index (Phi) is 2.55. The Morgan fingerprint density at radius 1 is 1.05 bits per heavy atom. The van der Waals surface area contributed by atoms with Crippen LogP contribution in [0.3, 0.4) is 0 Å². The lowest BCUT2D eigenvalue weighted by Gasteiger charge is -2.12. The van der Waals surface area contributed by atoms with Crippen LogP contribution < -0.4 is 0 Å². The summed E-state index contributed by atoms with van der Waals surface area (Å²) in [6.45, 7) is 0. The smallest absolute Gasteiger partial charge is 0.346 e. The van der Waals surface area contributed by atoms with E-state index in [9.17, 15) is 13.2 Å². The van der Waals surface area contributed by atoms with E-state index < -0.39 is 11.7 Å². The van der Waals surface area contributed by atoms with Crippen LogP contribution in [-0.4, -0.2) is 9.97 Å². The molecular formula is C14H9F3N2. The van der Waals surface area contributed by atoms with Gasteiger partial charge < -0.3 is 4.98 Å². The summed E-state index contributed by atoms with van der Waals surface area (Å²) >= 11 is 0. The van der Waals surface area contributed by atoms with Gasteiger partial charge in [0.15, 0.2) is 0 Å². The van der Waals surface area contributed by atoms with E-state index in [2.05, 4.69) is 9.97 Å². The first-order valence-electron chi connectivity index (χ1n) is 5.65. The molecule has 2 nitrogen and oxygen atoms in total. The molecule has 1 aromatic carbocycles. The summed E-state index contributed by atoms with van der Waals surface area (Å²) in [5.41, 5.74) is 0.616. The van der Waals surface area contributed by atoms with E-state index in [1.54, 1.807) is 24.4 Å². The van der Waals surface area contributed by atoms with Crippen molar-refractivity contribution >= 4 is 11.0 Å². The van der Waals surface area contributed by atoms with Crippen molar-refractivity contribution in [3.8, 4) is 11.1 Å². The maximum atomic E-state index is 13.0.